The van der Waals surface area contributed by atoms with Gasteiger partial charge < -0.3 is 9.84 Å². The van der Waals surface area contributed by atoms with Crippen molar-refractivity contribution < 1.29 is 14.6 Å². The Balaban J connectivity index is 2.29. The molecule has 1 fully saturated rings. The van der Waals surface area contributed by atoms with E-state index in [9.17, 15) is 9.90 Å². The highest BCUT2D eigenvalue weighted by Crippen LogP contribution is 2.58. The molecule has 0 amide bonds. The molecule has 2 aliphatic carbocycles. The average Bonchev–Trinajstić information content (AvgIpc) is 2.71. The van der Waals surface area contributed by atoms with E-state index in [1.54, 1.807) is 0 Å². The lowest BCUT2D eigenvalue weighted by atomic mass is 9.61. The van der Waals surface area contributed by atoms with E-state index >= 15 is 0 Å². The maximum Gasteiger partial charge on any atom is 0.303 e. The van der Waals surface area contributed by atoms with Crippen molar-refractivity contribution in [1.29, 1.82) is 0 Å². The molecule has 114 valence electrons. The Hall–Kier alpha value is -0.830. The van der Waals surface area contributed by atoms with E-state index in [-0.39, 0.29) is 24.1 Å². The van der Waals surface area contributed by atoms with Crippen LogP contribution >= 0.6 is 0 Å². The number of esters is 1. The highest BCUT2D eigenvalue weighted by molar-refractivity contribution is 5.66. The number of carbonyl (C=O) groups is 1. The lowest BCUT2D eigenvalue weighted by Crippen LogP contribution is -2.42. The Bertz CT molecular complexity index is 399. The summed E-state index contributed by atoms with van der Waals surface area (Å²) in [5.41, 5.74) is 1.28. The largest absolute Gasteiger partial charge is 0.458 e. The van der Waals surface area contributed by atoms with Crippen molar-refractivity contribution in [3.8, 4) is 0 Å². The number of hydrogen-bond acceptors (Lipinski definition) is 3. The van der Waals surface area contributed by atoms with Crippen LogP contribution in [-0.2, 0) is 9.53 Å². The van der Waals surface area contributed by atoms with E-state index < -0.39 is 0 Å². The van der Waals surface area contributed by atoms with Crippen molar-refractivity contribution in [2.45, 2.75) is 59.5 Å². The Labute approximate surface area is 122 Å². The van der Waals surface area contributed by atoms with Crippen LogP contribution in [0.1, 0.15) is 53.4 Å². The van der Waals surface area contributed by atoms with Crippen LogP contribution in [0.3, 0.4) is 0 Å². The molecule has 0 aromatic heterocycles. The zero-order valence-electron chi connectivity index (χ0n) is 13.2. The zero-order valence-corrected chi connectivity index (χ0v) is 13.2. The normalized spacial score (nSPS) is 37.3. The third-order valence-corrected chi connectivity index (χ3v) is 5.59. The highest BCUT2D eigenvalue weighted by Gasteiger charge is 2.52. The molecular formula is C17H28O3. The average molecular weight is 280 g/mol. The number of carbonyl (C=O) groups excluding carboxylic acids is 1. The molecule has 3 heteroatoms. The van der Waals surface area contributed by atoms with Gasteiger partial charge in [0.2, 0.25) is 0 Å². The molecular weight excluding hydrogens is 252 g/mol. The van der Waals surface area contributed by atoms with E-state index in [0.717, 1.165) is 24.8 Å². The van der Waals surface area contributed by atoms with Crippen LogP contribution in [0.4, 0.5) is 0 Å². The number of allylic oxidation sites excluding steroid dienone is 1. The highest BCUT2D eigenvalue weighted by atomic mass is 16.5. The monoisotopic (exact) mass is 280 g/mol. The van der Waals surface area contributed by atoms with Crippen LogP contribution in [0, 0.1) is 23.2 Å². The number of aliphatic hydroxyl groups is 1. The van der Waals surface area contributed by atoms with Gasteiger partial charge in [-0.15, -0.1) is 0 Å². The summed E-state index contributed by atoms with van der Waals surface area (Å²) in [7, 11) is 0. The molecule has 20 heavy (non-hydrogen) atoms. The van der Waals surface area contributed by atoms with Gasteiger partial charge in [-0.1, -0.05) is 19.9 Å². The summed E-state index contributed by atoms with van der Waals surface area (Å²) < 4.78 is 5.52. The summed E-state index contributed by atoms with van der Waals surface area (Å²) in [5, 5.41) is 9.79. The Morgan fingerprint density at radius 1 is 1.50 bits per heavy atom. The van der Waals surface area contributed by atoms with Gasteiger partial charge in [0, 0.05) is 13.5 Å². The second-order valence-corrected chi connectivity index (χ2v) is 6.99. The standard InChI is InChI=1S/C17H28O3/c1-11(2)15-6-5-14(10-18)17(15)8-7-12(3)16(9-17)20-13(4)19/h7,11,14-16,18H,5-6,8-10H2,1-4H3/t14-,15+,16+,17-/m1/s1. The summed E-state index contributed by atoms with van der Waals surface area (Å²) in [6, 6.07) is 0. The molecule has 2 aliphatic rings. The zero-order chi connectivity index (χ0) is 14.9. The van der Waals surface area contributed by atoms with Crippen LogP contribution in [-0.4, -0.2) is 23.8 Å². The van der Waals surface area contributed by atoms with E-state index in [2.05, 4.69) is 19.9 Å². The van der Waals surface area contributed by atoms with Crippen molar-refractivity contribution in [3.63, 3.8) is 0 Å². The summed E-state index contributed by atoms with van der Waals surface area (Å²) in [4.78, 5) is 11.3. The molecule has 2 rings (SSSR count). The number of rotatable bonds is 3. The lowest BCUT2D eigenvalue weighted by molar-refractivity contribution is -0.147. The van der Waals surface area contributed by atoms with Crippen molar-refractivity contribution in [2.75, 3.05) is 6.61 Å². The summed E-state index contributed by atoms with van der Waals surface area (Å²) >= 11 is 0. The first-order valence-corrected chi connectivity index (χ1v) is 7.85. The van der Waals surface area contributed by atoms with Gasteiger partial charge in [0.1, 0.15) is 6.10 Å². The van der Waals surface area contributed by atoms with Crippen LogP contribution < -0.4 is 0 Å². The van der Waals surface area contributed by atoms with E-state index in [0.29, 0.717) is 17.8 Å². The van der Waals surface area contributed by atoms with Gasteiger partial charge in [-0.05, 0) is 61.3 Å². The second-order valence-electron chi connectivity index (χ2n) is 6.99. The Kier molecular flexibility index (Phi) is 4.58. The molecule has 1 N–H and O–H groups in total. The minimum Gasteiger partial charge on any atom is -0.458 e. The predicted octanol–water partition coefficient (Wildman–Crippen LogP) is 3.32. The summed E-state index contributed by atoms with van der Waals surface area (Å²) in [6.07, 6.45) is 6.31. The smallest absolute Gasteiger partial charge is 0.303 e. The topological polar surface area (TPSA) is 46.5 Å². The predicted molar refractivity (Wildman–Crippen MR) is 79.1 cm³/mol. The van der Waals surface area contributed by atoms with Gasteiger partial charge in [0.05, 0.1) is 0 Å². The number of ether oxygens (including phenoxy) is 1. The third-order valence-electron chi connectivity index (χ3n) is 5.59. The molecule has 0 radical (unpaired) electrons. The van der Waals surface area contributed by atoms with Crippen molar-refractivity contribution in [2.24, 2.45) is 23.2 Å². The van der Waals surface area contributed by atoms with Crippen LogP contribution in [0.15, 0.2) is 11.6 Å². The first-order chi connectivity index (χ1) is 9.40. The molecule has 0 bridgehead atoms. The second kappa shape index (κ2) is 5.88. The Morgan fingerprint density at radius 3 is 2.75 bits per heavy atom. The summed E-state index contributed by atoms with van der Waals surface area (Å²) in [5.74, 6) is 1.36. The third kappa shape index (κ3) is 2.65. The van der Waals surface area contributed by atoms with Crippen LogP contribution in [0.2, 0.25) is 0 Å². The van der Waals surface area contributed by atoms with Crippen molar-refractivity contribution in [3.05, 3.63) is 11.6 Å². The molecule has 3 nitrogen and oxygen atoms in total. The van der Waals surface area contributed by atoms with Crippen LogP contribution in [0.5, 0.6) is 0 Å². The van der Waals surface area contributed by atoms with Crippen molar-refractivity contribution >= 4 is 5.97 Å². The van der Waals surface area contributed by atoms with Gasteiger partial charge in [0.15, 0.2) is 0 Å². The fraction of sp³-hybridized carbons (Fsp3) is 0.824. The molecule has 0 aliphatic heterocycles. The van der Waals surface area contributed by atoms with Gasteiger partial charge in [-0.3, -0.25) is 4.79 Å². The first-order valence-electron chi connectivity index (χ1n) is 7.85. The molecule has 1 spiro atoms. The Morgan fingerprint density at radius 2 is 2.20 bits per heavy atom. The van der Waals surface area contributed by atoms with Crippen LogP contribution in [0.25, 0.3) is 0 Å². The van der Waals surface area contributed by atoms with Crippen molar-refractivity contribution in [1.82, 2.24) is 0 Å². The minimum atomic E-state index is -0.209. The maximum atomic E-state index is 11.3. The minimum absolute atomic E-state index is 0.102. The number of aliphatic hydroxyl groups excluding tert-OH is 1. The van der Waals surface area contributed by atoms with E-state index in [4.69, 9.17) is 4.74 Å². The fourth-order valence-electron chi connectivity index (χ4n) is 4.57. The van der Waals surface area contributed by atoms with Gasteiger partial charge in [-0.2, -0.15) is 0 Å². The first kappa shape index (κ1) is 15.6. The molecule has 0 aromatic carbocycles. The van der Waals surface area contributed by atoms with E-state index in [1.165, 1.54) is 13.3 Å². The van der Waals surface area contributed by atoms with Gasteiger partial charge in [-0.25, -0.2) is 0 Å². The number of hydrogen-bond donors (Lipinski definition) is 1. The lowest BCUT2D eigenvalue weighted by Gasteiger charge is -2.46. The molecule has 0 saturated heterocycles. The fourth-order valence-corrected chi connectivity index (χ4v) is 4.57. The molecule has 1 saturated carbocycles. The molecule has 4 atom stereocenters. The molecule has 0 unspecified atom stereocenters. The van der Waals surface area contributed by atoms with Gasteiger partial charge >= 0.3 is 5.97 Å². The van der Waals surface area contributed by atoms with Gasteiger partial charge in [0.25, 0.3) is 0 Å². The maximum absolute atomic E-state index is 11.3. The van der Waals surface area contributed by atoms with E-state index in [1.807, 2.05) is 6.92 Å². The summed E-state index contributed by atoms with van der Waals surface area (Å²) in [6.45, 7) is 8.33. The molecule has 0 heterocycles. The quantitative estimate of drug-likeness (QED) is 0.637. The molecule has 0 aromatic rings. The SMILES string of the molecule is CC(=O)O[C@H]1C[C@]2(CC=C1C)[C@@H](CO)CC[C@H]2C(C)C.